The van der Waals surface area contributed by atoms with E-state index < -0.39 is 0 Å². The van der Waals surface area contributed by atoms with Gasteiger partial charge in [-0.2, -0.15) is 0 Å². The first-order valence-corrected chi connectivity index (χ1v) is 11.5. The van der Waals surface area contributed by atoms with Crippen LogP contribution in [0.4, 0.5) is 0 Å². The maximum Gasteiger partial charge on any atom is 0.265 e. The summed E-state index contributed by atoms with van der Waals surface area (Å²) >= 11 is 0. The molecule has 1 N–H and O–H groups in total. The molecule has 174 valence electrons. The first-order valence-electron chi connectivity index (χ1n) is 11.5. The van der Waals surface area contributed by atoms with Gasteiger partial charge in [-0.3, -0.25) is 9.36 Å². The van der Waals surface area contributed by atoms with Crippen LogP contribution in [0.15, 0.2) is 77.9 Å². The standard InChI is InChI=1S/C27H27N3O4/c1-32-26-16-20(9-12-25(26)33-15-13-19-6-5-14-28-19)30-18-29-24-11-10-22(17-23(24)27(30)31)34-21-7-3-2-4-8-21/h2-4,7-12,16-19,28H,5-6,13-15H2,1H3. The Hall–Kier alpha value is -3.84. The van der Waals surface area contributed by atoms with Crippen LogP contribution >= 0.6 is 0 Å². The molecule has 1 aliphatic heterocycles. The van der Waals surface area contributed by atoms with Crippen LogP contribution in [0.1, 0.15) is 19.3 Å². The molecule has 0 spiro atoms. The summed E-state index contributed by atoms with van der Waals surface area (Å²) in [6, 6.07) is 20.8. The highest BCUT2D eigenvalue weighted by molar-refractivity contribution is 5.79. The zero-order chi connectivity index (χ0) is 23.3. The first kappa shape index (κ1) is 22.0. The third kappa shape index (κ3) is 4.75. The maximum absolute atomic E-state index is 13.3. The van der Waals surface area contributed by atoms with Crippen molar-refractivity contribution in [2.75, 3.05) is 20.3 Å². The molecule has 0 amide bonds. The fourth-order valence-corrected chi connectivity index (χ4v) is 4.21. The van der Waals surface area contributed by atoms with Crippen molar-refractivity contribution in [1.29, 1.82) is 0 Å². The van der Waals surface area contributed by atoms with Gasteiger partial charge in [-0.05, 0) is 68.3 Å². The lowest BCUT2D eigenvalue weighted by atomic mass is 10.2. The molecule has 0 bridgehead atoms. The van der Waals surface area contributed by atoms with Crippen molar-refractivity contribution in [3.63, 3.8) is 0 Å². The van der Waals surface area contributed by atoms with E-state index in [2.05, 4.69) is 10.3 Å². The summed E-state index contributed by atoms with van der Waals surface area (Å²) < 4.78 is 18.9. The maximum atomic E-state index is 13.3. The number of ether oxygens (including phenoxy) is 3. The highest BCUT2D eigenvalue weighted by Gasteiger charge is 2.15. The van der Waals surface area contributed by atoms with Gasteiger partial charge in [-0.25, -0.2) is 4.98 Å². The van der Waals surface area contributed by atoms with Crippen LogP contribution in [0.25, 0.3) is 16.6 Å². The Morgan fingerprint density at radius 1 is 1.03 bits per heavy atom. The largest absolute Gasteiger partial charge is 0.493 e. The average Bonchev–Trinajstić information content (AvgIpc) is 3.39. The highest BCUT2D eigenvalue weighted by Crippen LogP contribution is 2.30. The number of rotatable bonds is 8. The molecule has 1 aromatic heterocycles. The van der Waals surface area contributed by atoms with E-state index in [4.69, 9.17) is 14.2 Å². The zero-order valence-corrected chi connectivity index (χ0v) is 19.1. The minimum atomic E-state index is -0.188. The number of fused-ring (bicyclic) bond motifs is 1. The zero-order valence-electron chi connectivity index (χ0n) is 19.1. The highest BCUT2D eigenvalue weighted by atomic mass is 16.5. The van der Waals surface area contributed by atoms with Gasteiger partial charge in [-0.15, -0.1) is 0 Å². The van der Waals surface area contributed by atoms with Gasteiger partial charge in [0.2, 0.25) is 0 Å². The summed E-state index contributed by atoms with van der Waals surface area (Å²) in [6.45, 7) is 1.69. The van der Waals surface area contributed by atoms with E-state index in [1.54, 1.807) is 25.3 Å². The molecular formula is C27H27N3O4. The summed E-state index contributed by atoms with van der Waals surface area (Å²) in [5.74, 6) is 2.51. The lowest BCUT2D eigenvalue weighted by molar-refractivity contribution is 0.275. The Bertz CT molecular complexity index is 1330. The van der Waals surface area contributed by atoms with Gasteiger partial charge in [0.25, 0.3) is 5.56 Å². The van der Waals surface area contributed by atoms with Crippen molar-refractivity contribution in [3.8, 4) is 28.7 Å². The topological polar surface area (TPSA) is 74.6 Å². The Morgan fingerprint density at radius 2 is 1.91 bits per heavy atom. The SMILES string of the molecule is COc1cc(-n2cnc3ccc(Oc4ccccc4)cc3c2=O)ccc1OCCC1CCCN1. The summed E-state index contributed by atoms with van der Waals surface area (Å²) in [4.78, 5) is 17.8. The molecule has 5 rings (SSSR count). The molecule has 3 aromatic carbocycles. The van der Waals surface area contributed by atoms with Gasteiger partial charge in [0.1, 0.15) is 17.8 Å². The Kier molecular flexibility index (Phi) is 6.44. The molecular weight excluding hydrogens is 430 g/mol. The van der Waals surface area contributed by atoms with Gasteiger partial charge < -0.3 is 19.5 Å². The normalized spacial score (nSPS) is 15.4. The van der Waals surface area contributed by atoms with E-state index in [1.165, 1.54) is 23.7 Å². The second-order valence-corrected chi connectivity index (χ2v) is 8.28. The number of aromatic nitrogens is 2. The third-order valence-corrected chi connectivity index (χ3v) is 6.02. The van der Waals surface area contributed by atoms with E-state index >= 15 is 0 Å². The smallest absolute Gasteiger partial charge is 0.265 e. The summed E-state index contributed by atoms with van der Waals surface area (Å²) in [6.07, 6.45) is 4.89. The van der Waals surface area contributed by atoms with E-state index in [-0.39, 0.29) is 5.56 Å². The molecule has 7 heteroatoms. The van der Waals surface area contributed by atoms with Crippen molar-refractivity contribution < 1.29 is 14.2 Å². The van der Waals surface area contributed by atoms with Crippen molar-refractivity contribution >= 4 is 10.9 Å². The quantitative estimate of drug-likeness (QED) is 0.413. The molecule has 0 aliphatic carbocycles. The third-order valence-electron chi connectivity index (χ3n) is 6.02. The van der Waals surface area contributed by atoms with Gasteiger partial charge in [0, 0.05) is 12.1 Å². The summed E-state index contributed by atoms with van der Waals surface area (Å²) in [7, 11) is 1.60. The molecule has 34 heavy (non-hydrogen) atoms. The molecule has 0 saturated carbocycles. The Morgan fingerprint density at radius 3 is 2.71 bits per heavy atom. The van der Waals surface area contributed by atoms with Gasteiger partial charge in [-0.1, -0.05) is 18.2 Å². The summed E-state index contributed by atoms with van der Waals surface area (Å²) in [5, 5.41) is 3.95. The number of para-hydroxylation sites is 1. The molecule has 4 aromatic rings. The average molecular weight is 458 g/mol. The second-order valence-electron chi connectivity index (χ2n) is 8.28. The number of hydrogen-bond donors (Lipinski definition) is 1. The van der Waals surface area contributed by atoms with Crippen LogP contribution < -0.4 is 25.1 Å². The minimum absolute atomic E-state index is 0.188. The molecule has 0 radical (unpaired) electrons. The predicted octanol–water partition coefficient (Wildman–Crippen LogP) is 4.71. The van der Waals surface area contributed by atoms with E-state index in [9.17, 15) is 4.79 Å². The first-order chi connectivity index (χ1) is 16.7. The molecule has 2 heterocycles. The molecule has 7 nitrogen and oxygen atoms in total. The number of methoxy groups -OCH3 is 1. The van der Waals surface area contributed by atoms with Crippen molar-refractivity contribution in [2.24, 2.45) is 0 Å². The lowest BCUT2D eigenvalue weighted by Gasteiger charge is -2.15. The van der Waals surface area contributed by atoms with Crippen LogP contribution in [-0.4, -0.2) is 35.9 Å². The molecule has 1 unspecified atom stereocenters. The van der Waals surface area contributed by atoms with E-state index in [1.807, 2.05) is 48.5 Å². The number of nitrogens with one attached hydrogen (secondary N) is 1. The van der Waals surface area contributed by atoms with Crippen molar-refractivity contribution in [1.82, 2.24) is 14.9 Å². The van der Waals surface area contributed by atoms with E-state index in [0.29, 0.717) is 52.2 Å². The number of hydrogen-bond acceptors (Lipinski definition) is 6. The molecule has 1 fully saturated rings. The molecule has 1 saturated heterocycles. The Balaban J connectivity index is 1.40. The Labute approximate surface area is 197 Å². The second kappa shape index (κ2) is 9.97. The van der Waals surface area contributed by atoms with E-state index in [0.717, 1.165) is 13.0 Å². The fraction of sp³-hybridized carbons (Fsp3) is 0.259. The van der Waals surface area contributed by atoms with Crippen molar-refractivity contribution in [3.05, 3.63) is 83.4 Å². The van der Waals surface area contributed by atoms with Crippen LogP contribution in [-0.2, 0) is 0 Å². The number of nitrogens with zero attached hydrogens (tertiary/aromatic N) is 2. The molecule has 1 aliphatic rings. The fourth-order valence-electron chi connectivity index (χ4n) is 4.21. The van der Waals surface area contributed by atoms with Gasteiger partial charge in [0.05, 0.1) is 30.3 Å². The van der Waals surface area contributed by atoms with Crippen LogP contribution in [0, 0.1) is 0 Å². The van der Waals surface area contributed by atoms with Crippen LogP contribution in [0.5, 0.6) is 23.0 Å². The minimum Gasteiger partial charge on any atom is -0.493 e. The van der Waals surface area contributed by atoms with Crippen molar-refractivity contribution in [2.45, 2.75) is 25.3 Å². The predicted molar refractivity (Wildman–Crippen MR) is 132 cm³/mol. The van der Waals surface area contributed by atoms with Gasteiger partial charge >= 0.3 is 0 Å². The van der Waals surface area contributed by atoms with Crippen LogP contribution in [0.2, 0.25) is 0 Å². The van der Waals surface area contributed by atoms with Gasteiger partial charge in [0.15, 0.2) is 11.5 Å². The number of benzene rings is 3. The van der Waals surface area contributed by atoms with Crippen LogP contribution in [0.3, 0.4) is 0 Å². The lowest BCUT2D eigenvalue weighted by Crippen LogP contribution is -2.23. The summed E-state index contributed by atoms with van der Waals surface area (Å²) in [5.41, 5.74) is 1.07. The molecule has 1 atom stereocenters. The monoisotopic (exact) mass is 457 g/mol.